The second-order valence-electron chi connectivity index (χ2n) is 3.99. The number of amides is 1. The maximum Gasteiger partial charge on any atom is 0.338 e. The first-order chi connectivity index (χ1) is 9.70. The Labute approximate surface area is 115 Å². The number of nitrogens with one attached hydrogen (secondary N) is 1. The van der Waals surface area contributed by atoms with Crippen molar-refractivity contribution < 1.29 is 28.5 Å². The largest absolute Gasteiger partial charge is 0.454 e. The van der Waals surface area contributed by atoms with E-state index < -0.39 is 5.97 Å². The molecular formula is C13H15NO6. The van der Waals surface area contributed by atoms with E-state index in [1.54, 1.807) is 12.1 Å². The topological polar surface area (TPSA) is 83.1 Å². The lowest BCUT2D eigenvalue weighted by Gasteiger charge is -2.06. The minimum atomic E-state index is -0.592. The number of benzene rings is 1. The summed E-state index contributed by atoms with van der Waals surface area (Å²) in [7, 11) is 1.53. The van der Waals surface area contributed by atoms with Crippen molar-refractivity contribution in [3.8, 4) is 11.5 Å². The summed E-state index contributed by atoms with van der Waals surface area (Å²) in [5.41, 5.74) is 0.305. The van der Waals surface area contributed by atoms with Crippen LogP contribution in [0.25, 0.3) is 0 Å². The van der Waals surface area contributed by atoms with Crippen LogP contribution in [-0.2, 0) is 14.3 Å². The van der Waals surface area contributed by atoms with Crippen LogP contribution in [0.2, 0.25) is 0 Å². The van der Waals surface area contributed by atoms with Crippen molar-refractivity contribution in [3.63, 3.8) is 0 Å². The van der Waals surface area contributed by atoms with E-state index in [-0.39, 0.29) is 19.3 Å². The van der Waals surface area contributed by atoms with Gasteiger partial charge in [-0.3, -0.25) is 4.79 Å². The van der Waals surface area contributed by atoms with E-state index in [1.165, 1.54) is 13.2 Å². The maximum absolute atomic E-state index is 11.8. The van der Waals surface area contributed by atoms with Crippen LogP contribution in [0.4, 0.5) is 0 Å². The van der Waals surface area contributed by atoms with Crippen LogP contribution >= 0.6 is 0 Å². The molecule has 7 nitrogen and oxygen atoms in total. The van der Waals surface area contributed by atoms with E-state index in [9.17, 15) is 9.59 Å². The molecule has 0 aromatic heterocycles. The highest BCUT2D eigenvalue weighted by atomic mass is 16.7. The second-order valence-corrected chi connectivity index (χ2v) is 3.99. The van der Waals surface area contributed by atoms with Crippen molar-refractivity contribution in [1.29, 1.82) is 0 Å². The Morgan fingerprint density at radius 2 is 2.10 bits per heavy atom. The van der Waals surface area contributed by atoms with Crippen molar-refractivity contribution in [2.24, 2.45) is 0 Å². The number of rotatable bonds is 6. The molecule has 0 spiro atoms. The summed E-state index contributed by atoms with van der Waals surface area (Å²) in [5, 5.41) is 2.55. The summed E-state index contributed by atoms with van der Waals surface area (Å²) in [4.78, 5) is 23.1. The molecule has 0 radical (unpaired) electrons. The van der Waals surface area contributed by atoms with E-state index in [0.717, 1.165) is 0 Å². The molecule has 1 N–H and O–H groups in total. The maximum atomic E-state index is 11.8. The summed E-state index contributed by atoms with van der Waals surface area (Å²) in [6.45, 7) is 0.575. The quantitative estimate of drug-likeness (QED) is 0.598. The highest BCUT2D eigenvalue weighted by molar-refractivity contribution is 5.92. The molecule has 0 atom stereocenters. The highest BCUT2D eigenvalue weighted by Gasteiger charge is 2.17. The molecule has 1 heterocycles. The van der Waals surface area contributed by atoms with Crippen LogP contribution in [0.3, 0.4) is 0 Å². The Morgan fingerprint density at radius 3 is 2.90 bits per heavy atom. The second kappa shape index (κ2) is 6.76. The van der Waals surface area contributed by atoms with Crippen LogP contribution in [-0.4, -0.2) is 45.5 Å². The predicted molar refractivity (Wildman–Crippen MR) is 67.7 cm³/mol. The molecule has 0 aliphatic carbocycles. The van der Waals surface area contributed by atoms with Crippen LogP contribution in [0, 0.1) is 0 Å². The first-order valence-corrected chi connectivity index (χ1v) is 6.03. The molecule has 1 amide bonds. The van der Waals surface area contributed by atoms with Gasteiger partial charge in [0, 0.05) is 13.7 Å². The molecular weight excluding hydrogens is 266 g/mol. The standard InChI is InChI=1S/C13H15NO6/c1-17-5-4-14-12(15)7-18-13(16)9-2-3-10-11(6-9)20-8-19-10/h2-3,6H,4-5,7-8H2,1H3,(H,14,15). The van der Waals surface area contributed by atoms with E-state index in [1.807, 2.05) is 0 Å². The monoisotopic (exact) mass is 281 g/mol. The third kappa shape index (κ3) is 3.61. The molecule has 2 rings (SSSR count). The number of esters is 1. The number of hydrogen-bond acceptors (Lipinski definition) is 6. The predicted octanol–water partition coefficient (Wildman–Crippen LogP) is 0.335. The lowest BCUT2D eigenvalue weighted by atomic mass is 10.2. The molecule has 20 heavy (non-hydrogen) atoms. The molecule has 0 unspecified atom stereocenters. The Balaban J connectivity index is 1.81. The van der Waals surface area contributed by atoms with Crippen LogP contribution in [0.1, 0.15) is 10.4 Å². The Morgan fingerprint density at radius 1 is 1.30 bits per heavy atom. The van der Waals surface area contributed by atoms with E-state index in [4.69, 9.17) is 18.9 Å². The number of methoxy groups -OCH3 is 1. The van der Waals surface area contributed by atoms with Gasteiger partial charge in [0.15, 0.2) is 18.1 Å². The van der Waals surface area contributed by atoms with Crippen molar-refractivity contribution in [2.75, 3.05) is 33.7 Å². The van der Waals surface area contributed by atoms with Gasteiger partial charge in [0.1, 0.15) is 0 Å². The van der Waals surface area contributed by atoms with Gasteiger partial charge in [-0.1, -0.05) is 0 Å². The van der Waals surface area contributed by atoms with E-state index in [2.05, 4.69) is 5.32 Å². The first-order valence-electron chi connectivity index (χ1n) is 6.03. The lowest BCUT2D eigenvalue weighted by molar-refractivity contribution is -0.124. The van der Waals surface area contributed by atoms with Gasteiger partial charge in [0.25, 0.3) is 5.91 Å². The Bertz CT molecular complexity index is 502. The molecule has 1 aliphatic heterocycles. The third-order valence-electron chi connectivity index (χ3n) is 2.57. The average Bonchev–Trinajstić information content (AvgIpc) is 2.92. The summed E-state index contributed by atoms with van der Waals surface area (Å²) in [5.74, 6) is 0.101. The lowest BCUT2D eigenvalue weighted by Crippen LogP contribution is -2.31. The van der Waals surface area contributed by atoms with Gasteiger partial charge in [0.2, 0.25) is 6.79 Å². The minimum absolute atomic E-state index is 0.135. The molecule has 108 valence electrons. The molecule has 1 aromatic carbocycles. The molecule has 0 saturated carbocycles. The third-order valence-corrected chi connectivity index (χ3v) is 2.57. The van der Waals surface area contributed by atoms with Gasteiger partial charge in [-0.15, -0.1) is 0 Å². The van der Waals surface area contributed by atoms with E-state index >= 15 is 0 Å². The van der Waals surface area contributed by atoms with E-state index in [0.29, 0.717) is 30.2 Å². The number of carbonyl (C=O) groups is 2. The Kier molecular flexibility index (Phi) is 4.78. The molecule has 0 saturated heterocycles. The Hall–Kier alpha value is -2.28. The normalized spacial score (nSPS) is 12.1. The van der Waals surface area contributed by atoms with Crippen molar-refractivity contribution in [1.82, 2.24) is 5.32 Å². The van der Waals surface area contributed by atoms with Gasteiger partial charge >= 0.3 is 5.97 Å². The average molecular weight is 281 g/mol. The fraction of sp³-hybridized carbons (Fsp3) is 0.385. The van der Waals surface area contributed by atoms with Gasteiger partial charge in [-0.2, -0.15) is 0 Å². The van der Waals surface area contributed by atoms with Gasteiger partial charge in [-0.05, 0) is 18.2 Å². The summed E-state index contributed by atoms with van der Waals surface area (Å²) in [6, 6.07) is 4.70. The van der Waals surface area contributed by atoms with Crippen LogP contribution < -0.4 is 14.8 Å². The van der Waals surface area contributed by atoms with Crippen molar-refractivity contribution in [2.45, 2.75) is 0 Å². The number of fused-ring (bicyclic) bond motifs is 1. The molecule has 1 aromatic rings. The minimum Gasteiger partial charge on any atom is -0.454 e. The SMILES string of the molecule is COCCNC(=O)COC(=O)c1ccc2c(c1)OCO2. The van der Waals surface area contributed by atoms with Crippen LogP contribution in [0.5, 0.6) is 11.5 Å². The zero-order chi connectivity index (χ0) is 14.4. The molecule has 7 heteroatoms. The molecule has 0 bridgehead atoms. The fourth-order valence-electron chi connectivity index (χ4n) is 1.58. The van der Waals surface area contributed by atoms with Gasteiger partial charge in [-0.25, -0.2) is 4.79 Å². The zero-order valence-electron chi connectivity index (χ0n) is 11.0. The summed E-state index contributed by atoms with van der Waals surface area (Å²) >= 11 is 0. The summed E-state index contributed by atoms with van der Waals surface area (Å²) < 4.78 is 20.0. The molecule has 0 fully saturated rings. The van der Waals surface area contributed by atoms with Crippen molar-refractivity contribution in [3.05, 3.63) is 23.8 Å². The van der Waals surface area contributed by atoms with Crippen LogP contribution in [0.15, 0.2) is 18.2 Å². The highest BCUT2D eigenvalue weighted by Crippen LogP contribution is 2.32. The number of carbonyl (C=O) groups excluding carboxylic acids is 2. The number of ether oxygens (including phenoxy) is 4. The smallest absolute Gasteiger partial charge is 0.338 e. The fourth-order valence-corrected chi connectivity index (χ4v) is 1.58. The first kappa shape index (κ1) is 14.1. The number of hydrogen-bond donors (Lipinski definition) is 1. The molecule has 1 aliphatic rings. The van der Waals surface area contributed by atoms with Gasteiger partial charge < -0.3 is 24.3 Å². The van der Waals surface area contributed by atoms with Crippen molar-refractivity contribution >= 4 is 11.9 Å². The summed E-state index contributed by atoms with van der Waals surface area (Å²) in [6.07, 6.45) is 0. The van der Waals surface area contributed by atoms with Gasteiger partial charge in [0.05, 0.1) is 12.2 Å². The zero-order valence-corrected chi connectivity index (χ0v) is 11.0.